The summed E-state index contributed by atoms with van der Waals surface area (Å²) in [5, 5.41) is 0. The predicted octanol–water partition coefficient (Wildman–Crippen LogP) is 4.26. The van der Waals surface area contributed by atoms with Gasteiger partial charge in [0.05, 0.1) is 13.7 Å². The Hall–Kier alpha value is -1.79. The third-order valence-electron chi connectivity index (χ3n) is 4.04. The van der Waals surface area contributed by atoms with Crippen LogP contribution in [0.15, 0.2) is 48.4 Å². The minimum Gasteiger partial charge on any atom is -0.497 e. The van der Waals surface area contributed by atoms with Crippen molar-refractivity contribution in [1.29, 1.82) is 0 Å². The fourth-order valence-electron chi connectivity index (χ4n) is 2.58. The summed E-state index contributed by atoms with van der Waals surface area (Å²) in [5.74, 6) is 1.08. The van der Waals surface area contributed by atoms with Crippen molar-refractivity contribution in [3.8, 4) is 11.5 Å². The third kappa shape index (κ3) is 6.50. The molecule has 0 aliphatic rings. The SMILES string of the molecule is C=CCCCCOc1cc(OC)ccc1S(=O)(=O)N(C)C[C@H](C)CC=C. The van der Waals surface area contributed by atoms with Crippen LogP contribution in [0.1, 0.15) is 32.6 Å². The van der Waals surface area contributed by atoms with E-state index in [-0.39, 0.29) is 10.8 Å². The summed E-state index contributed by atoms with van der Waals surface area (Å²) in [5.41, 5.74) is 0. The van der Waals surface area contributed by atoms with Crippen molar-refractivity contribution in [2.24, 2.45) is 5.92 Å². The van der Waals surface area contributed by atoms with Crippen LogP contribution in [0.3, 0.4) is 0 Å². The van der Waals surface area contributed by atoms with Crippen LogP contribution in [0.25, 0.3) is 0 Å². The van der Waals surface area contributed by atoms with Crippen LogP contribution in [-0.2, 0) is 10.0 Å². The number of methoxy groups -OCH3 is 1. The van der Waals surface area contributed by atoms with Gasteiger partial charge in [0.25, 0.3) is 0 Å². The van der Waals surface area contributed by atoms with E-state index in [1.54, 1.807) is 38.4 Å². The minimum atomic E-state index is -3.65. The molecule has 26 heavy (non-hydrogen) atoms. The zero-order valence-electron chi connectivity index (χ0n) is 16.1. The zero-order valence-corrected chi connectivity index (χ0v) is 16.9. The molecule has 1 rings (SSSR count). The van der Waals surface area contributed by atoms with Crippen LogP contribution in [0.4, 0.5) is 0 Å². The normalized spacial score (nSPS) is 12.6. The lowest BCUT2D eigenvalue weighted by Crippen LogP contribution is -2.31. The molecule has 1 aromatic rings. The van der Waals surface area contributed by atoms with E-state index in [4.69, 9.17) is 9.47 Å². The lowest BCUT2D eigenvalue weighted by molar-refractivity contribution is 0.296. The molecule has 0 aromatic heterocycles. The number of nitrogens with zero attached hydrogens (tertiary/aromatic N) is 1. The molecule has 0 saturated heterocycles. The van der Waals surface area contributed by atoms with Crippen molar-refractivity contribution in [1.82, 2.24) is 4.31 Å². The van der Waals surface area contributed by atoms with Gasteiger partial charge in [0.1, 0.15) is 16.4 Å². The molecule has 0 aliphatic carbocycles. The molecule has 6 heteroatoms. The molecule has 1 atom stereocenters. The second-order valence-electron chi connectivity index (χ2n) is 6.36. The van der Waals surface area contributed by atoms with E-state index in [1.807, 2.05) is 13.0 Å². The van der Waals surface area contributed by atoms with E-state index in [0.717, 1.165) is 25.7 Å². The summed E-state index contributed by atoms with van der Waals surface area (Å²) in [6, 6.07) is 4.81. The van der Waals surface area contributed by atoms with Crippen molar-refractivity contribution >= 4 is 10.0 Å². The highest BCUT2D eigenvalue weighted by molar-refractivity contribution is 7.89. The molecule has 0 N–H and O–H groups in total. The van der Waals surface area contributed by atoms with E-state index in [1.165, 1.54) is 4.31 Å². The Labute approximate surface area is 158 Å². The first kappa shape index (κ1) is 22.3. The Morgan fingerprint density at radius 1 is 1.23 bits per heavy atom. The molecule has 0 bridgehead atoms. The number of unbranched alkanes of at least 4 members (excludes halogenated alkanes) is 2. The van der Waals surface area contributed by atoms with Crippen molar-refractivity contribution in [2.75, 3.05) is 27.3 Å². The highest BCUT2D eigenvalue weighted by Gasteiger charge is 2.26. The molecule has 0 radical (unpaired) electrons. The number of sulfonamides is 1. The van der Waals surface area contributed by atoms with Gasteiger partial charge in [-0.3, -0.25) is 0 Å². The number of allylic oxidation sites excluding steroid dienone is 2. The molecule has 146 valence electrons. The first-order valence-electron chi connectivity index (χ1n) is 8.85. The summed E-state index contributed by atoms with van der Waals surface area (Å²) in [4.78, 5) is 0.162. The summed E-state index contributed by atoms with van der Waals surface area (Å²) >= 11 is 0. The molecule has 0 unspecified atom stereocenters. The summed E-state index contributed by atoms with van der Waals surface area (Å²) < 4.78 is 38.3. The highest BCUT2D eigenvalue weighted by Crippen LogP contribution is 2.31. The fraction of sp³-hybridized carbons (Fsp3) is 0.500. The van der Waals surface area contributed by atoms with Gasteiger partial charge < -0.3 is 9.47 Å². The third-order valence-corrected chi connectivity index (χ3v) is 5.90. The number of hydrogen-bond acceptors (Lipinski definition) is 4. The zero-order chi connectivity index (χ0) is 19.6. The maximum absolute atomic E-state index is 13.0. The standard InChI is InChI=1S/C20H31NO4S/c1-6-8-9-10-14-25-19-15-18(24-5)12-13-20(19)26(22,23)21(4)16-17(3)11-7-2/h6-7,12-13,15,17H,1-2,8-11,14,16H2,3-5H3/t17-/m1/s1. The highest BCUT2D eigenvalue weighted by atomic mass is 32.2. The molecule has 0 amide bonds. The van der Waals surface area contributed by atoms with Gasteiger partial charge >= 0.3 is 0 Å². The number of benzene rings is 1. The molecule has 0 aliphatic heterocycles. The molecule has 0 spiro atoms. The van der Waals surface area contributed by atoms with Gasteiger partial charge in [0.2, 0.25) is 10.0 Å². The van der Waals surface area contributed by atoms with Crippen LogP contribution < -0.4 is 9.47 Å². The maximum Gasteiger partial charge on any atom is 0.246 e. The Morgan fingerprint density at radius 2 is 1.96 bits per heavy atom. The van der Waals surface area contributed by atoms with E-state index < -0.39 is 10.0 Å². The van der Waals surface area contributed by atoms with E-state index in [2.05, 4.69) is 13.2 Å². The van der Waals surface area contributed by atoms with Gasteiger partial charge in [-0.05, 0) is 43.7 Å². The number of hydrogen-bond donors (Lipinski definition) is 0. The smallest absolute Gasteiger partial charge is 0.246 e. The van der Waals surface area contributed by atoms with Crippen molar-refractivity contribution in [3.05, 3.63) is 43.5 Å². The van der Waals surface area contributed by atoms with Crippen LogP contribution in [0, 0.1) is 5.92 Å². The van der Waals surface area contributed by atoms with Gasteiger partial charge in [-0.1, -0.05) is 19.1 Å². The summed E-state index contributed by atoms with van der Waals surface area (Å²) in [6.07, 6.45) is 7.12. The lowest BCUT2D eigenvalue weighted by Gasteiger charge is -2.22. The molecular weight excluding hydrogens is 350 g/mol. The topological polar surface area (TPSA) is 55.8 Å². The lowest BCUT2D eigenvalue weighted by atomic mass is 10.1. The van der Waals surface area contributed by atoms with Crippen molar-refractivity contribution in [3.63, 3.8) is 0 Å². The van der Waals surface area contributed by atoms with Gasteiger partial charge in [-0.25, -0.2) is 12.7 Å². The van der Waals surface area contributed by atoms with Crippen LogP contribution in [0.2, 0.25) is 0 Å². The quantitative estimate of drug-likeness (QED) is 0.378. The second kappa shape index (κ2) is 11.0. The monoisotopic (exact) mass is 381 g/mol. The number of rotatable bonds is 13. The van der Waals surface area contributed by atoms with Crippen LogP contribution in [0.5, 0.6) is 11.5 Å². The predicted molar refractivity (Wildman–Crippen MR) is 106 cm³/mol. The summed E-state index contributed by atoms with van der Waals surface area (Å²) in [7, 11) is -0.521. The van der Waals surface area contributed by atoms with Gasteiger partial charge in [0, 0.05) is 19.7 Å². The molecule has 0 heterocycles. The largest absolute Gasteiger partial charge is 0.497 e. The van der Waals surface area contributed by atoms with Crippen molar-refractivity contribution in [2.45, 2.75) is 37.5 Å². The van der Waals surface area contributed by atoms with E-state index >= 15 is 0 Å². The Bertz CT molecular complexity index is 685. The Balaban J connectivity index is 3.00. The van der Waals surface area contributed by atoms with E-state index in [0.29, 0.717) is 24.7 Å². The van der Waals surface area contributed by atoms with E-state index in [9.17, 15) is 8.42 Å². The average molecular weight is 382 g/mol. The molecule has 0 saturated carbocycles. The van der Waals surface area contributed by atoms with Crippen LogP contribution in [-0.4, -0.2) is 40.0 Å². The molecule has 5 nitrogen and oxygen atoms in total. The van der Waals surface area contributed by atoms with Crippen LogP contribution >= 0.6 is 0 Å². The van der Waals surface area contributed by atoms with Crippen molar-refractivity contribution < 1.29 is 17.9 Å². The van der Waals surface area contributed by atoms with Gasteiger partial charge in [-0.15, -0.1) is 13.2 Å². The first-order chi connectivity index (χ1) is 12.4. The summed E-state index contributed by atoms with van der Waals surface area (Å²) in [6.45, 7) is 10.3. The van der Waals surface area contributed by atoms with Gasteiger partial charge in [-0.2, -0.15) is 0 Å². The Kier molecular flexibility index (Phi) is 9.44. The van der Waals surface area contributed by atoms with Gasteiger partial charge in [0.15, 0.2) is 0 Å². The fourth-order valence-corrected chi connectivity index (χ4v) is 3.98. The minimum absolute atomic E-state index is 0.162. The molecule has 1 aromatic carbocycles. The Morgan fingerprint density at radius 3 is 2.58 bits per heavy atom. The molecule has 0 fully saturated rings. The maximum atomic E-state index is 13.0. The molecular formula is C20H31NO4S. The first-order valence-corrected chi connectivity index (χ1v) is 10.3. The average Bonchev–Trinajstić information content (AvgIpc) is 2.61. The number of ether oxygens (including phenoxy) is 2. The second-order valence-corrected chi connectivity index (χ2v) is 8.37.